The molecule has 0 aliphatic carbocycles. The van der Waals surface area contributed by atoms with Gasteiger partial charge in [0.2, 0.25) is 5.91 Å². The Labute approximate surface area is 210 Å². The van der Waals surface area contributed by atoms with Crippen molar-refractivity contribution in [2.24, 2.45) is 10.9 Å². The molecule has 32 heavy (non-hydrogen) atoms. The van der Waals surface area contributed by atoms with Crippen LogP contribution in [0.25, 0.3) is 0 Å². The van der Waals surface area contributed by atoms with Crippen LogP contribution in [0.3, 0.4) is 0 Å². The number of rotatable bonds is 7. The van der Waals surface area contributed by atoms with Crippen molar-refractivity contribution in [3.63, 3.8) is 0 Å². The summed E-state index contributed by atoms with van der Waals surface area (Å²) < 4.78 is 5.69. The van der Waals surface area contributed by atoms with Crippen molar-refractivity contribution in [3.05, 3.63) is 29.8 Å². The lowest BCUT2D eigenvalue weighted by Gasteiger charge is -2.38. The highest BCUT2D eigenvalue weighted by Gasteiger charge is 2.27. The van der Waals surface area contributed by atoms with Crippen LogP contribution in [0, 0.1) is 5.92 Å². The SMILES string of the molecule is CN=C(NCC(c1ccccc1OC)N1CCCCC1)N1CCC(CC(=O)NC)CC1.I. The first-order valence-electron chi connectivity index (χ1n) is 11.7. The number of aliphatic imine (C=N–C) groups is 1. The summed E-state index contributed by atoms with van der Waals surface area (Å²) >= 11 is 0. The molecule has 2 aliphatic rings. The molecule has 1 aromatic rings. The van der Waals surface area contributed by atoms with Crippen molar-refractivity contribution in [3.8, 4) is 5.75 Å². The predicted molar refractivity (Wildman–Crippen MR) is 141 cm³/mol. The summed E-state index contributed by atoms with van der Waals surface area (Å²) in [5.74, 6) is 2.51. The quantitative estimate of drug-likeness (QED) is 0.306. The van der Waals surface area contributed by atoms with E-state index < -0.39 is 0 Å². The van der Waals surface area contributed by atoms with Gasteiger partial charge in [-0.25, -0.2) is 0 Å². The van der Waals surface area contributed by atoms with Crippen LogP contribution in [0.5, 0.6) is 5.75 Å². The molecule has 1 amide bonds. The van der Waals surface area contributed by atoms with Gasteiger partial charge in [-0.3, -0.25) is 14.7 Å². The summed E-state index contributed by atoms with van der Waals surface area (Å²) in [6.45, 7) is 4.90. The Hall–Kier alpha value is -1.55. The lowest BCUT2D eigenvalue weighted by atomic mass is 9.93. The van der Waals surface area contributed by atoms with Crippen LogP contribution in [0.15, 0.2) is 29.3 Å². The minimum atomic E-state index is 0. The van der Waals surface area contributed by atoms with Gasteiger partial charge < -0.3 is 20.3 Å². The maximum Gasteiger partial charge on any atom is 0.220 e. The number of amides is 1. The number of hydrogen-bond acceptors (Lipinski definition) is 4. The monoisotopic (exact) mass is 557 g/mol. The molecule has 1 atom stereocenters. The summed E-state index contributed by atoms with van der Waals surface area (Å²) in [4.78, 5) is 21.2. The Kier molecular flexibility index (Phi) is 11.6. The number of piperidine rings is 2. The minimum absolute atomic E-state index is 0. The highest BCUT2D eigenvalue weighted by Crippen LogP contribution is 2.31. The molecule has 180 valence electrons. The Morgan fingerprint density at radius 3 is 2.47 bits per heavy atom. The Balaban J connectivity index is 0.00000363. The number of ether oxygens (including phenoxy) is 1. The highest BCUT2D eigenvalue weighted by atomic mass is 127. The van der Waals surface area contributed by atoms with E-state index in [1.165, 1.54) is 24.8 Å². The van der Waals surface area contributed by atoms with E-state index >= 15 is 0 Å². The number of nitrogens with zero attached hydrogens (tertiary/aromatic N) is 3. The molecule has 0 spiro atoms. The summed E-state index contributed by atoms with van der Waals surface area (Å²) in [5, 5.41) is 6.40. The second-order valence-corrected chi connectivity index (χ2v) is 8.59. The maximum absolute atomic E-state index is 11.7. The second-order valence-electron chi connectivity index (χ2n) is 8.59. The summed E-state index contributed by atoms with van der Waals surface area (Å²) in [6.07, 6.45) is 6.49. The zero-order chi connectivity index (χ0) is 22.1. The molecule has 2 saturated heterocycles. The number of guanidine groups is 1. The number of benzene rings is 1. The third kappa shape index (κ3) is 7.23. The average Bonchev–Trinajstić information content (AvgIpc) is 2.83. The van der Waals surface area contributed by atoms with Crippen molar-refractivity contribution >= 4 is 35.8 Å². The minimum Gasteiger partial charge on any atom is -0.496 e. The molecule has 0 saturated carbocycles. The number of nitrogens with one attached hydrogen (secondary N) is 2. The average molecular weight is 558 g/mol. The number of carbonyl (C=O) groups excluding carboxylic acids is 1. The fourth-order valence-electron chi connectivity index (χ4n) is 4.84. The fourth-order valence-corrected chi connectivity index (χ4v) is 4.84. The number of halogens is 1. The molecule has 2 fully saturated rings. The third-order valence-electron chi connectivity index (χ3n) is 6.66. The van der Waals surface area contributed by atoms with Gasteiger partial charge in [0.05, 0.1) is 13.2 Å². The van der Waals surface area contributed by atoms with Crippen LogP contribution in [0.2, 0.25) is 0 Å². The smallest absolute Gasteiger partial charge is 0.220 e. The van der Waals surface area contributed by atoms with Crippen LogP contribution < -0.4 is 15.4 Å². The first kappa shape index (κ1) is 26.7. The van der Waals surface area contributed by atoms with Crippen LogP contribution in [-0.2, 0) is 4.79 Å². The van der Waals surface area contributed by atoms with Gasteiger partial charge in [-0.15, -0.1) is 24.0 Å². The molecule has 2 heterocycles. The van der Waals surface area contributed by atoms with E-state index in [-0.39, 0.29) is 35.9 Å². The van der Waals surface area contributed by atoms with Crippen molar-refractivity contribution in [1.82, 2.24) is 20.4 Å². The maximum atomic E-state index is 11.7. The number of carbonyl (C=O) groups is 1. The molecular weight excluding hydrogens is 517 g/mol. The van der Waals surface area contributed by atoms with Gasteiger partial charge in [0.1, 0.15) is 5.75 Å². The Morgan fingerprint density at radius 1 is 1.16 bits per heavy atom. The van der Waals surface area contributed by atoms with Crippen molar-refractivity contribution in [1.29, 1.82) is 0 Å². The zero-order valence-corrected chi connectivity index (χ0v) is 22.1. The van der Waals surface area contributed by atoms with Gasteiger partial charge in [-0.1, -0.05) is 24.6 Å². The second kappa shape index (κ2) is 13.9. The van der Waals surface area contributed by atoms with Gasteiger partial charge in [0.15, 0.2) is 5.96 Å². The molecule has 1 aromatic carbocycles. The van der Waals surface area contributed by atoms with E-state index in [4.69, 9.17) is 4.74 Å². The van der Waals surface area contributed by atoms with E-state index in [1.54, 1.807) is 14.2 Å². The van der Waals surface area contributed by atoms with Gasteiger partial charge in [0, 0.05) is 45.7 Å². The van der Waals surface area contributed by atoms with Crippen molar-refractivity contribution in [2.75, 3.05) is 53.9 Å². The standard InChI is InChI=1S/C24H39N5O2.HI/c1-25-23(30)17-19-11-15-29(16-12-19)24(26-2)27-18-21(28-13-7-4-8-14-28)20-9-5-6-10-22(20)31-3;/h5-6,9-10,19,21H,4,7-8,11-18H2,1-3H3,(H,25,30)(H,26,27);1H. The topological polar surface area (TPSA) is 69.2 Å². The molecule has 2 N–H and O–H groups in total. The molecule has 1 unspecified atom stereocenters. The number of hydrogen-bond donors (Lipinski definition) is 2. The van der Waals surface area contributed by atoms with E-state index in [1.807, 2.05) is 13.1 Å². The molecule has 0 radical (unpaired) electrons. The van der Waals surface area contributed by atoms with Crippen LogP contribution >= 0.6 is 24.0 Å². The van der Waals surface area contributed by atoms with Gasteiger partial charge >= 0.3 is 0 Å². The van der Waals surface area contributed by atoms with Crippen LogP contribution in [0.4, 0.5) is 0 Å². The number of para-hydroxylation sites is 1. The lowest BCUT2D eigenvalue weighted by molar-refractivity contribution is -0.121. The molecular formula is C24H40IN5O2. The predicted octanol–water partition coefficient (Wildman–Crippen LogP) is 3.26. The van der Waals surface area contributed by atoms with Crippen LogP contribution in [-0.4, -0.2) is 75.6 Å². The third-order valence-corrected chi connectivity index (χ3v) is 6.66. The van der Waals surface area contributed by atoms with Gasteiger partial charge in [-0.05, 0) is 50.8 Å². The Morgan fingerprint density at radius 2 is 1.84 bits per heavy atom. The van der Waals surface area contributed by atoms with E-state index in [0.717, 1.165) is 57.3 Å². The first-order chi connectivity index (χ1) is 15.2. The number of methoxy groups -OCH3 is 1. The van der Waals surface area contributed by atoms with Gasteiger partial charge in [-0.2, -0.15) is 0 Å². The van der Waals surface area contributed by atoms with E-state index in [2.05, 4.69) is 43.6 Å². The molecule has 3 rings (SSSR count). The van der Waals surface area contributed by atoms with Crippen molar-refractivity contribution in [2.45, 2.75) is 44.6 Å². The number of likely N-dealkylation sites (tertiary alicyclic amines) is 2. The fraction of sp³-hybridized carbons (Fsp3) is 0.667. The molecule has 8 heteroatoms. The van der Waals surface area contributed by atoms with Crippen molar-refractivity contribution < 1.29 is 9.53 Å². The molecule has 0 bridgehead atoms. The van der Waals surface area contributed by atoms with E-state index in [0.29, 0.717) is 12.3 Å². The zero-order valence-electron chi connectivity index (χ0n) is 19.8. The molecule has 0 aromatic heterocycles. The van der Waals surface area contributed by atoms with Gasteiger partial charge in [0.25, 0.3) is 0 Å². The van der Waals surface area contributed by atoms with Crippen LogP contribution in [0.1, 0.15) is 50.1 Å². The summed E-state index contributed by atoms with van der Waals surface area (Å²) in [6, 6.07) is 8.62. The first-order valence-corrected chi connectivity index (χ1v) is 11.7. The normalized spacial score (nSPS) is 19.1. The summed E-state index contributed by atoms with van der Waals surface area (Å²) in [5.41, 5.74) is 1.24. The largest absolute Gasteiger partial charge is 0.496 e. The molecule has 2 aliphatic heterocycles. The Bertz CT molecular complexity index is 731. The summed E-state index contributed by atoms with van der Waals surface area (Å²) in [7, 11) is 5.32. The molecule has 7 nitrogen and oxygen atoms in total. The highest BCUT2D eigenvalue weighted by molar-refractivity contribution is 14.0. The lowest BCUT2D eigenvalue weighted by Crippen LogP contribution is -2.48. The van der Waals surface area contributed by atoms with E-state index in [9.17, 15) is 4.79 Å².